The summed E-state index contributed by atoms with van der Waals surface area (Å²) in [5, 5.41) is 4.02. The van der Waals surface area contributed by atoms with Gasteiger partial charge in [0.15, 0.2) is 0 Å². The molecule has 0 aromatic heterocycles. The van der Waals surface area contributed by atoms with Gasteiger partial charge in [0.1, 0.15) is 5.75 Å². The van der Waals surface area contributed by atoms with Crippen molar-refractivity contribution in [1.82, 2.24) is 10.3 Å². The highest BCUT2D eigenvalue weighted by molar-refractivity contribution is 5.94. The third kappa shape index (κ3) is 4.94. The van der Waals surface area contributed by atoms with Gasteiger partial charge in [0.05, 0.1) is 13.3 Å². The first-order valence-electron chi connectivity index (χ1n) is 8.98. The van der Waals surface area contributed by atoms with E-state index in [1.165, 1.54) is 0 Å². The molecule has 1 heterocycles. The van der Waals surface area contributed by atoms with Crippen LogP contribution in [0.15, 0.2) is 59.7 Å². The molecule has 2 aromatic rings. The minimum absolute atomic E-state index is 0.0325. The van der Waals surface area contributed by atoms with E-state index in [4.69, 9.17) is 4.74 Å². The van der Waals surface area contributed by atoms with Crippen molar-refractivity contribution in [3.05, 3.63) is 65.7 Å². The monoisotopic (exact) mass is 365 g/mol. The molecular weight excluding hydrogens is 342 g/mol. The number of amides is 2. The number of hydrazone groups is 1. The fraction of sp³-hybridized carbons (Fsp3) is 0.286. The Labute approximate surface area is 158 Å². The van der Waals surface area contributed by atoms with Gasteiger partial charge in [-0.3, -0.25) is 9.59 Å². The van der Waals surface area contributed by atoms with Crippen LogP contribution in [-0.4, -0.2) is 43.1 Å². The lowest BCUT2D eigenvalue weighted by atomic mass is 9.95. The smallest absolute Gasteiger partial charge is 0.253 e. The highest BCUT2D eigenvalue weighted by Gasteiger charge is 2.27. The number of piperidine rings is 1. The number of likely N-dealkylation sites (tertiary alicyclic amines) is 1. The first kappa shape index (κ1) is 18.6. The summed E-state index contributed by atoms with van der Waals surface area (Å²) in [6.07, 6.45) is 2.88. The summed E-state index contributed by atoms with van der Waals surface area (Å²) < 4.78 is 5.17. The third-order valence-electron chi connectivity index (χ3n) is 4.66. The van der Waals surface area contributed by atoms with Gasteiger partial charge in [0, 0.05) is 24.6 Å². The number of benzene rings is 2. The maximum Gasteiger partial charge on any atom is 0.253 e. The van der Waals surface area contributed by atoms with E-state index in [1.54, 1.807) is 36.4 Å². The van der Waals surface area contributed by atoms with Gasteiger partial charge in [-0.25, -0.2) is 5.43 Å². The normalized spacial score (nSPS) is 14.9. The number of nitrogens with zero attached hydrogens (tertiary/aromatic N) is 2. The minimum atomic E-state index is -0.132. The van der Waals surface area contributed by atoms with Crippen LogP contribution in [0, 0.1) is 5.92 Å². The van der Waals surface area contributed by atoms with Gasteiger partial charge in [0.2, 0.25) is 5.91 Å². The zero-order chi connectivity index (χ0) is 19.1. The molecule has 6 heteroatoms. The second kappa shape index (κ2) is 8.98. The van der Waals surface area contributed by atoms with Crippen LogP contribution >= 0.6 is 0 Å². The number of hydrogen-bond acceptors (Lipinski definition) is 4. The number of methoxy groups -OCH3 is 1. The van der Waals surface area contributed by atoms with Gasteiger partial charge in [-0.1, -0.05) is 36.4 Å². The van der Waals surface area contributed by atoms with Crippen molar-refractivity contribution in [2.24, 2.45) is 11.0 Å². The molecule has 0 aliphatic carbocycles. The van der Waals surface area contributed by atoms with Gasteiger partial charge in [-0.2, -0.15) is 5.10 Å². The van der Waals surface area contributed by atoms with E-state index in [9.17, 15) is 9.59 Å². The highest BCUT2D eigenvalue weighted by atomic mass is 16.5. The van der Waals surface area contributed by atoms with Crippen molar-refractivity contribution in [3.63, 3.8) is 0 Å². The van der Waals surface area contributed by atoms with E-state index in [2.05, 4.69) is 10.5 Å². The van der Waals surface area contributed by atoms with Crippen LogP contribution in [0.5, 0.6) is 5.75 Å². The molecular formula is C21H23N3O3. The third-order valence-corrected chi connectivity index (χ3v) is 4.66. The maximum absolute atomic E-state index is 12.6. The van der Waals surface area contributed by atoms with Crippen molar-refractivity contribution < 1.29 is 14.3 Å². The fourth-order valence-electron chi connectivity index (χ4n) is 3.08. The van der Waals surface area contributed by atoms with E-state index < -0.39 is 0 Å². The van der Waals surface area contributed by atoms with E-state index in [0.29, 0.717) is 37.2 Å². The first-order chi connectivity index (χ1) is 13.2. The van der Waals surface area contributed by atoms with Crippen LogP contribution in [-0.2, 0) is 4.79 Å². The average Bonchev–Trinajstić information content (AvgIpc) is 2.74. The van der Waals surface area contributed by atoms with E-state index >= 15 is 0 Å². The number of rotatable bonds is 5. The molecule has 0 unspecified atom stereocenters. The SMILES string of the molecule is COc1cccc(C(=O)N2CCC(C(=O)N/N=C\c3ccccc3)CC2)c1. The van der Waals surface area contributed by atoms with Crippen molar-refractivity contribution in [3.8, 4) is 5.75 Å². The zero-order valence-corrected chi connectivity index (χ0v) is 15.3. The second-order valence-electron chi connectivity index (χ2n) is 6.44. The summed E-state index contributed by atoms with van der Waals surface area (Å²) in [6.45, 7) is 1.10. The number of carbonyl (C=O) groups is 2. The molecule has 1 fully saturated rings. The topological polar surface area (TPSA) is 71.0 Å². The van der Waals surface area contributed by atoms with Gasteiger partial charge in [-0.15, -0.1) is 0 Å². The van der Waals surface area contributed by atoms with Gasteiger partial charge in [0.25, 0.3) is 5.91 Å². The lowest BCUT2D eigenvalue weighted by molar-refractivity contribution is -0.126. The van der Waals surface area contributed by atoms with Crippen LogP contribution in [0.3, 0.4) is 0 Å². The lowest BCUT2D eigenvalue weighted by Crippen LogP contribution is -2.42. The minimum Gasteiger partial charge on any atom is -0.497 e. The average molecular weight is 365 g/mol. The predicted octanol–water partition coefficient (Wildman–Crippen LogP) is 2.70. The largest absolute Gasteiger partial charge is 0.497 e. The van der Waals surface area contributed by atoms with Crippen LogP contribution in [0.4, 0.5) is 0 Å². The molecule has 1 aliphatic rings. The van der Waals surface area contributed by atoms with E-state index in [0.717, 1.165) is 5.56 Å². The predicted molar refractivity (Wildman–Crippen MR) is 104 cm³/mol. The summed E-state index contributed by atoms with van der Waals surface area (Å²) in [6, 6.07) is 16.7. The zero-order valence-electron chi connectivity index (χ0n) is 15.3. The molecule has 0 bridgehead atoms. The van der Waals surface area contributed by atoms with Crippen LogP contribution in [0.1, 0.15) is 28.8 Å². The molecule has 27 heavy (non-hydrogen) atoms. The van der Waals surface area contributed by atoms with Crippen LogP contribution in [0.25, 0.3) is 0 Å². The molecule has 1 aliphatic heterocycles. The first-order valence-corrected chi connectivity index (χ1v) is 8.98. The van der Waals surface area contributed by atoms with Crippen molar-refractivity contribution in [1.29, 1.82) is 0 Å². The number of hydrogen-bond donors (Lipinski definition) is 1. The molecule has 1 N–H and O–H groups in total. The van der Waals surface area contributed by atoms with Gasteiger partial charge >= 0.3 is 0 Å². The molecule has 2 amide bonds. The van der Waals surface area contributed by atoms with Crippen molar-refractivity contribution in [2.75, 3.05) is 20.2 Å². The second-order valence-corrected chi connectivity index (χ2v) is 6.44. The lowest BCUT2D eigenvalue weighted by Gasteiger charge is -2.31. The van der Waals surface area contributed by atoms with E-state index in [-0.39, 0.29) is 17.7 Å². The molecule has 6 nitrogen and oxygen atoms in total. The summed E-state index contributed by atoms with van der Waals surface area (Å²) in [5.74, 6) is 0.393. The molecule has 140 valence electrons. The molecule has 1 saturated heterocycles. The maximum atomic E-state index is 12.6. The number of nitrogens with one attached hydrogen (secondary N) is 1. The summed E-state index contributed by atoms with van der Waals surface area (Å²) in [7, 11) is 1.58. The Balaban J connectivity index is 1.50. The quantitative estimate of drug-likeness (QED) is 0.654. The van der Waals surface area contributed by atoms with E-state index in [1.807, 2.05) is 36.4 Å². The van der Waals surface area contributed by atoms with Gasteiger partial charge < -0.3 is 9.64 Å². The summed E-state index contributed by atoms with van der Waals surface area (Å²) >= 11 is 0. The molecule has 0 saturated carbocycles. The Bertz CT molecular complexity index is 812. The fourth-order valence-corrected chi connectivity index (χ4v) is 3.08. The molecule has 0 spiro atoms. The summed E-state index contributed by atoms with van der Waals surface area (Å²) in [4.78, 5) is 26.7. The van der Waals surface area contributed by atoms with Crippen molar-refractivity contribution >= 4 is 18.0 Å². The molecule has 3 rings (SSSR count). The Kier molecular flexibility index (Phi) is 6.20. The Hall–Kier alpha value is -3.15. The van der Waals surface area contributed by atoms with Crippen LogP contribution in [0.2, 0.25) is 0 Å². The Morgan fingerprint density at radius 1 is 1.11 bits per heavy atom. The van der Waals surface area contributed by atoms with Gasteiger partial charge in [-0.05, 0) is 36.6 Å². The molecule has 0 radical (unpaired) electrons. The number of ether oxygens (including phenoxy) is 1. The number of carbonyl (C=O) groups excluding carboxylic acids is 2. The van der Waals surface area contributed by atoms with Crippen molar-refractivity contribution in [2.45, 2.75) is 12.8 Å². The highest BCUT2D eigenvalue weighted by Crippen LogP contribution is 2.21. The standard InChI is InChI=1S/C21H23N3O3/c1-27-19-9-5-8-18(14-19)21(26)24-12-10-17(11-13-24)20(25)23-22-15-16-6-3-2-4-7-16/h2-9,14-15,17H,10-13H2,1H3,(H,23,25)/b22-15-. The molecule has 2 aromatic carbocycles. The summed E-state index contributed by atoms with van der Waals surface area (Å²) in [5.41, 5.74) is 4.13. The Morgan fingerprint density at radius 3 is 2.56 bits per heavy atom. The van der Waals surface area contributed by atoms with Crippen LogP contribution < -0.4 is 10.2 Å². The Morgan fingerprint density at radius 2 is 1.85 bits per heavy atom. The molecule has 0 atom stereocenters.